The van der Waals surface area contributed by atoms with Crippen molar-refractivity contribution in [2.24, 2.45) is 0 Å². The molecule has 0 amide bonds. The van der Waals surface area contributed by atoms with Gasteiger partial charge in [0.2, 0.25) is 0 Å². The minimum absolute atomic E-state index is 0.605. The standard InChI is InChI=1S/C7H10N4/c1-2-4-8-5-3-7-9-6-10-11-7/h1,6,8H,3-5H2,(H,9,10,11). The van der Waals surface area contributed by atoms with Crippen molar-refractivity contribution in [1.82, 2.24) is 20.5 Å². The van der Waals surface area contributed by atoms with Crippen molar-refractivity contribution in [3.8, 4) is 12.3 Å². The van der Waals surface area contributed by atoms with Crippen LogP contribution < -0.4 is 5.32 Å². The largest absolute Gasteiger partial charge is 0.306 e. The van der Waals surface area contributed by atoms with E-state index in [2.05, 4.69) is 26.4 Å². The number of nitrogens with zero attached hydrogens (tertiary/aromatic N) is 2. The normalized spacial score (nSPS) is 9.36. The lowest BCUT2D eigenvalue weighted by molar-refractivity contribution is 0.728. The zero-order valence-electron chi connectivity index (χ0n) is 6.17. The van der Waals surface area contributed by atoms with Crippen LogP contribution in [0.1, 0.15) is 5.82 Å². The molecule has 0 bridgehead atoms. The van der Waals surface area contributed by atoms with Crippen LogP contribution in [0.25, 0.3) is 0 Å². The highest BCUT2D eigenvalue weighted by Crippen LogP contribution is 1.84. The number of H-pyrrole nitrogens is 1. The van der Waals surface area contributed by atoms with E-state index in [1.165, 1.54) is 6.33 Å². The zero-order valence-corrected chi connectivity index (χ0v) is 6.17. The molecule has 0 saturated carbocycles. The third kappa shape index (κ3) is 2.83. The van der Waals surface area contributed by atoms with Crippen molar-refractivity contribution in [3.63, 3.8) is 0 Å². The van der Waals surface area contributed by atoms with E-state index in [0.717, 1.165) is 18.8 Å². The molecule has 0 spiro atoms. The molecular formula is C7H10N4. The number of hydrogen-bond acceptors (Lipinski definition) is 3. The highest BCUT2D eigenvalue weighted by atomic mass is 15.2. The van der Waals surface area contributed by atoms with Crippen LogP contribution in [0.5, 0.6) is 0 Å². The van der Waals surface area contributed by atoms with Crippen molar-refractivity contribution in [1.29, 1.82) is 0 Å². The molecule has 4 nitrogen and oxygen atoms in total. The Labute approximate surface area is 65.4 Å². The molecule has 0 saturated heterocycles. The SMILES string of the molecule is C#CCNCCc1ncn[nH]1. The predicted octanol–water partition coefficient (Wildman–Crippen LogP) is -0.430. The third-order valence-corrected chi connectivity index (χ3v) is 1.23. The molecule has 0 aliphatic carbocycles. The predicted molar refractivity (Wildman–Crippen MR) is 41.8 cm³/mol. The van der Waals surface area contributed by atoms with Gasteiger partial charge in [-0.2, -0.15) is 5.10 Å². The summed E-state index contributed by atoms with van der Waals surface area (Å²) in [6, 6.07) is 0. The summed E-state index contributed by atoms with van der Waals surface area (Å²) in [7, 11) is 0. The first-order chi connectivity index (χ1) is 5.43. The van der Waals surface area contributed by atoms with Crippen LogP contribution in [-0.4, -0.2) is 28.3 Å². The molecule has 4 heteroatoms. The first-order valence-corrected chi connectivity index (χ1v) is 3.42. The molecule has 2 N–H and O–H groups in total. The fourth-order valence-electron chi connectivity index (χ4n) is 0.719. The number of aromatic amines is 1. The van der Waals surface area contributed by atoms with Crippen LogP contribution in [0.3, 0.4) is 0 Å². The maximum atomic E-state index is 5.04. The molecule has 0 unspecified atom stereocenters. The molecule has 58 valence electrons. The van der Waals surface area contributed by atoms with E-state index in [0.29, 0.717) is 6.54 Å². The van der Waals surface area contributed by atoms with Gasteiger partial charge >= 0.3 is 0 Å². The van der Waals surface area contributed by atoms with Crippen molar-refractivity contribution < 1.29 is 0 Å². The summed E-state index contributed by atoms with van der Waals surface area (Å²) >= 11 is 0. The Morgan fingerprint density at radius 2 is 2.64 bits per heavy atom. The fraction of sp³-hybridized carbons (Fsp3) is 0.429. The van der Waals surface area contributed by atoms with Crippen molar-refractivity contribution in [2.45, 2.75) is 6.42 Å². The molecule has 1 aromatic heterocycles. The summed E-state index contributed by atoms with van der Waals surface area (Å²) in [6.45, 7) is 1.44. The molecule has 1 rings (SSSR count). The van der Waals surface area contributed by atoms with Crippen LogP contribution in [-0.2, 0) is 6.42 Å². The summed E-state index contributed by atoms with van der Waals surface area (Å²) in [6.07, 6.45) is 7.37. The van der Waals surface area contributed by atoms with Gasteiger partial charge in [0, 0.05) is 13.0 Å². The molecule has 0 aromatic carbocycles. The Kier molecular flexibility index (Phi) is 3.16. The quantitative estimate of drug-likeness (QED) is 0.452. The fourth-order valence-corrected chi connectivity index (χ4v) is 0.719. The van der Waals surface area contributed by atoms with Gasteiger partial charge in [-0.15, -0.1) is 6.42 Å². The second-order valence-corrected chi connectivity index (χ2v) is 2.06. The minimum Gasteiger partial charge on any atom is -0.306 e. The molecule has 0 aliphatic heterocycles. The zero-order chi connectivity index (χ0) is 7.94. The van der Waals surface area contributed by atoms with Gasteiger partial charge in [0.15, 0.2) is 0 Å². The van der Waals surface area contributed by atoms with E-state index < -0.39 is 0 Å². The van der Waals surface area contributed by atoms with Gasteiger partial charge < -0.3 is 5.32 Å². The summed E-state index contributed by atoms with van der Waals surface area (Å²) in [5, 5.41) is 9.53. The molecule has 1 heterocycles. The molecule has 0 fully saturated rings. The van der Waals surface area contributed by atoms with E-state index in [4.69, 9.17) is 6.42 Å². The van der Waals surface area contributed by atoms with E-state index in [-0.39, 0.29) is 0 Å². The molecule has 11 heavy (non-hydrogen) atoms. The minimum atomic E-state index is 0.605. The second kappa shape index (κ2) is 4.47. The average molecular weight is 150 g/mol. The van der Waals surface area contributed by atoms with Gasteiger partial charge in [-0.25, -0.2) is 4.98 Å². The maximum absolute atomic E-state index is 5.04. The Balaban J connectivity index is 2.10. The summed E-state index contributed by atoms with van der Waals surface area (Å²) in [5.41, 5.74) is 0. The lowest BCUT2D eigenvalue weighted by atomic mass is 10.4. The average Bonchev–Trinajstić information content (AvgIpc) is 2.50. The Morgan fingerprint density at radius 3 is 3.27 bits per heavy atom. The summed E-state index contributed by atoms with van der Waals surface area (Å²) in [5.74, 6) is 3.37. The van der Waals surface area contributed by atoms with Gasteiger partial charge in [-0.05, 0) is 0 Å². The smallest absolute Gasteiger partial charge is 0.137 e. The van der Waals surface area contributed by atoms with Gasteiger partial charge in [0.25, 0.3) is 0 Å². The van der Waals surface area contributed by atoms with Crippen LogP contribution in [0.2, 0.25) is 0 Å². The van der Waals surface area contributed by atoms with Crippen molar-refractivity contribution >= 4 is 0 Å². The van der Waals surface area contributed by atoms with Crippen LogP contribution >= 0.6 is 0 Å². The van der Waals surface area contributed by atoms with Gasteiger partial charge in [0.1, 0.15) is 12.2 Å². The van der Waals surface area contributed by atoms with E-state index in [1.54, 1.807) is 0 Å². The monoisotopic (exact) mass is 150 g/mol. The van der Waals surface area contributed by atoms with Gasteiger partial charge in [-0.1, -0.05) is 5.92 Å². The number of terminal acetylenes is 1. The Morgan fingerprint density at radius 1 is 1.73 bits per heavy atom. The molecule has 1 aromatic rings. The van der Waals surface area contributed by atoms with E-state index in [9.17, 15) is 0 Å². The van der Waals surface area contributed by atoms with Gasteiger partial charge in [0.05, 0.1) is 6.54 Å². The van der Waals surface area contributed by atoms with E-state index >= 15 is 0 Å². The van der Waals surface area contributed by atoms with Crippen LogP contribution in [0, 0.1) is 12.3 Å². The van der Waals surface area contributed by atoms with Crippen molar-refractivity contribution in [3.05, 3.63) is 12.2 Å². The topological polar surface area (TPSA) is 53.6 Å². The second-order valence-electron chi connectivity index (χ2n) is 2.06. The highest BCUT2D eigenvalue weighted by Gasteiger charge is 1.92. The third-order valence-electron chi connectivity index (χ3n) is 1.23. The molecule has 0 atom stereocenters. The first-order valence-electron chi connectivity index (χ1n) is 3.42. The number of rotatable bonds is 4. The summed E-state index contributed by atoms with van der Waals surface area (Å²) < 4.78 is 0. The highest BCUT2D eigenvalue weighted by molar-refractivity contribution is 4.87. The summed E-state index contributed by atoms with van der Waals surface area (Å²) in [4.78, 5) is 3.96. The van der Waals surface area contributed by atoms with Crippen molar-refractivity contribution in [2.75, 3.05) is 13.1 Å². The molecule has 0 radical (unpaired) electrons. The van der Waals surface area contributed by atoms with Gasteiger partial charge in [-0.3, -0.25) is 5.10 Å². The molecule has 0 aliphatic rings. The molecular weight excluding hydrogens is 140 g/mol. The van der Waals surface area contributed by atoms with E-state index in [1.807, 2.05) is 0 Å². The Hall–Kier alpha value is -1.34. The first kappa shape index (κ1) is 7.76. The number of hydrogen-bond donors (Lipinski definition) is 2. The number of aromatic nitrogens is 3. The number of nitrogens with one attached hydrogen (secondary N) is 2. The van der Waals surface area contributed by atoms with Crippen LogP contribution in [0.4, 0.5) is 0 Å². The maximum Gasteiger partial charge on any atom is 0.137 e. The van der Waals surface area contributed by atoms with Crippen LogP contribution in [0.15, 0.2) is 6.33 Å². The Bertz CT molecular complexity index is 221. The lowest BCUT2D eigenvalue weighted by Gasteiger charge is -1.95. The lowest BCUT2D eigenvalue weighted by Crippen LogP contribution is -2.17.